The topological polar surface area (TPSA) is 12.0 Å². The maximum atomic E-state index is 3.43. The third kappa shape index (κ3) is 1.45. The minimum absolute atomic E-state index is 0.140. The van der Waals surface area contributed by atoms with Crippen molar-refractivity contribution in [2.24, 2.45) is 0 Å². The van der Waals surface area contributed by atoms with Crippen LogP contribution in [0, 0.1) is 11.8 Å². The lowest BCUT2D eigenvalue weighted by molar-refractivity contribution is 1.13. The van der Waals surface area contributed by atoms with Gasteiger partial charge in [-0.05, 0) is 11.6 Å². The first-order valence-corrected chi connectivity index (χ1v) is 5.15. The molecule has 0 fully saturated rings. The standard InChI is InChI=1S/C14H11N/c1-2-6-12-10-9-11(5-1)13-7-3-4-8-14(13)15-12/h1-8,11-12,15H/b5-1-,6-2-. The molecule has 1 aromatic rings. The van der Waals surface area contributed by atoms with Crippen LogP contribution < -0.4 is 5.32 Å². The van der Waals surface area contributed by atoms with E-state index in [1.54, 1.807) is 0 Å². The molecule has 2 aliphatic rings. The number of anilines is 1. The first-order chi connectivity index (χ1) is 7.43. The quantitative estimate of drug-likeness (QED) is 0.625. The summed E-state index contributed by atoms with van der Waals surface area (Å²) in [6, 6.07) is 8.50. The zero-order chi connectivity index (χ0) is 10.1. The predicted octanol–water partition coefficient (Wildman–Crippen LogP) is 2.69. The summed E-state index contributed by atoms with van der Waals surface area (Å²) < 4.78 is 0. The molecular weight excluding hydrogens is 182 g/mol. The minimum atomic E-state index is 0.140. The van der Waals surface area contributed by atoms with Gasteiger partial charge in [0.1, 0.15) is 6.04 Å². The molecule has 0 aromatic heterocycles. The molecule has 2 atom stereocenters. The van der Waals surface area contributed by atoms with Crippen molar-refractivity contribution in [3.8, 4) is 11.8 Å². The molecule has 72 valence electrons. The molecule has 1 aliphatic heterocycles. The monoisotopic (exact) mass is 193 g/mol. The molecule has 0 saturated carbocycles. The van der Waals surface area contributed by atoms with Gasteiger partial charge in [0, 0.05) is 5.69 Å². The molecule has 0 radical (unpaired) electrons. The van der Waals surface area contributed by atoms with Gasteiger partial charge in [-0.15, -0.1) is 0 Å². The minimum Gasteiger partial charge on any atom is -0.368 e. The van der Waals surface area contributed by atoms with Crippen LogP contribution in [0.2, 0.25) is 0 Å². The van der Waals surface area contributed by atoms with Crippen LogP contribution in [-0.2, 0) is 0 Å². The van der Waals surface area contributed by atoms with Crippen LogP contribution in [0.1, 0.15) is 11.5 Å². The lowest BCUT2D eigenvalue weighted by atomic mass is 9.97. The molecule has 0 saturated heterocycles. The van der Waals surface area contributed by atoms with Crippen LogP contribution in [0.25, 0.3) is 0 Å². The van der Waals surface area contributed by atoms with E-state index >= 15 is 0 Å². The van der Waals surface area contributed by atoms with E-state index in [1.807, 2.05) is 0 Å². The maximum absolute atomic E-state index is 3.43. The van der Waals surface area contributed by atoms with Gasteiger partial charge in [-0.25, -0.2) is 0 Å². The third-order valence-electron chi connectivity index (χ3n) is 2.72. The number of rotatable bonds is 0. The largest absolute Gasteiger partial charge is 0.368 e. The first-order valence-electron chi connectivity index (χ1n) is 5.15. The molecule has 2 unspecified atom stereocenters. The highest BCUT2D eigenvalue weighted by atomic mass is 14.9. The summed E-state index contributed by atoms with van der Waals surface area (Å²) >= 11 is 0. The molecule has 1 heteroatoms. The van der Waals surface area contributed by atoms with E-state index in [1.165, 1.54) is 11.3 Å². The zero-order valence-electron chi connectivity index (χ0n) is 8.27. The van der Waals surface area contributed by atoms with Gasteiger partial charge in [-0.1, -0.05) is 54.3 Å². The molecule has 1 heterocycles. The fourth-order valence-electron chi connectivity index (χ4n) is 1.96. The van der Waals surface area contributed by atoms with E-state index in [0.717, 1.165) is 0 Å². The van der Waals surface area contributed by atoms with Gasteiger partial charge >= 0.3 is 0 Å². The zero-order valence-corrected chi connectivity index (χ0v) is 8.27. The summed E-state index contributed by atoms with van der Waals surface area (Å²) in [5.74, 6) is 6.75. The number of allylic oxidation sites excluding steroid dienone is 3. The van der Waals surface area contributed by atoms with Crippen LogP contribution >= 0.6 is 0 Å². The predicted molar refractivity (Wildman–Crippen MR) is 62.6 cm³/mol. The van der Waals surface area contributed by atoms with Crippen molar-refractivity contribution in [2.45, 2.75) is 12.0 Å². The van der Waals surface area contributed by atoms with Crippen LogP contribution in [0.15, 0.2) is 48.6 Å². The Kier molecular flexibility index (Phi) is 1.86. The SMILES string of the molecule is C1#CC2/C=C\C=C/C1Nc1ccccc12. The second kappa shape index (κ2) is 3.33. The summed E-state index contributed by atoms with van der Waals surface area (Å²) in [7, 11) is 0. The Morgan fingerprint density at radius 2 is 1.87 bits per heavy atom. The second-order valence-corrected chi connectivity index (χ2v) is 3.75. The Bertz CT molecular complexity index is 500. The Balaban J connectivity index is 2.19. The summed E-state index contributed by atoms with van der Waals surface area (Å²) in [4.78, 5) is 0. The number of hydrogen-bond acceptors (Lipinski definition) is 1. The highest BCUT2D eigenvalue weighted by molar-refractivity contribution is 5.61. The number of nitrogens with one attached hydrogen (secondary N) is 1. The lowest BCUT2D eigenvalue weighted by Gasteiger charge is -2.12. The first kappa shape index (κ1) is 8.38. The van der Waals surface area contributed by atoms with Gasteiger partial charge < -0.3 is 5.32 Å². The van der Waals surface area contributed by atoms with Crippen molar-refractivity contribution in [1.82, 2.24) is 0 Å². The highest BCUT2D eigenvalue weighted by Crippen LogP contribution is 2.28. The molecule has 1 aromatic carbocycles. The van der Waals surface area contributed by atoms with Gasteiger partial charge in [0.05, 0.1) is 5.92 Å². The highest BCUT2D eigenvalue weighted by Gasteiger charge is 2.15. The summed E-state index contributed by atoms with van der Waals surface area (Å²) in [6.45, 7) is 0. The molecule has 1 nitrogen and oxygen atoms in total. The number of benzene rings is 1. The number of para-hydroxylation sites is 1. The summed E-state index contributed by atoms with van der Waals surface area (Å²) in [5.41, 5.74) is 2.45. The van der Waals surface area contributed by atoms with Crippen LogP contribution in [-0.4, -0.2) is 6.04 Å². The normalized spacial score (nSPS) is 29.6. The number of fused-ring (bicyclic) bond motifs is 4. The molecule has 0 spiro atoms. The van der Waals surface area contributed by atoms with Crippen molar-refractivity contribution in [1.29, 1.82) is 0 Å². The molecule has 1 N–H and O–H groups in total. The van der Waals surface area contributed by atoms with Gasteiger partial charge in [0.2, 0.25) is 0 Å². The molecule has 15 heavy (non-hydrogen) atoms. The van der Waals surface area contributed by atoms with E-state index in [4.69, 9.17) is 0 Å². The van der Waals surface area contributed by atoms with E-state index in [2.05, 4.69) is 65.7 Å². The molecule has 2 bridgehead atoms. The Hall–Kier alpha value is -1.94. The summed E-state index contributed by atoms with van der Waals surface area (Å²) in [5, 5.41) is 3.43. The van der Waals surface area contributed by atoms with Gasteiger partial charge in [-0.2, -0.15) is 0 Å². The fourth-order valence-corrected chi connectivity index (χ4v) is 1.96. The smallest absolute Gasteiger partial charge is 0.107 e. The van der Waals surface area contributed by atoms with Crippen LogP contribution in [0.5, 0.6) is 0 Å². The van der Waals surface area contributed by atoms with Crippen LogP contribution in [0.4, 0.5) is 5.69 Å². The fraction of sp³-hybridized carbons (Fsp3) is 0.143. The molecular formula is C14H11N. The number of hydrogen-bond donors (Lipinski definition) is 1. The third-order valence-corrected chi connectivity index (χ3v) is 2.72. The Morgan fingerprint density at radius 3 is 2.87 bits per heavy atom. The molecule has 1 aliphatic carbocycles. The van der Waals surface area contributed by atoms with Gasteiger partial charge in [0.25, 0.3) is 0 Å². The average molecular weight is 193 g/mol. The van der Waals surface area contributed by atoms with Crippen molar-refractivity contribution in [3.05, 3.63) is 54.1 Å². The summed E-state index contributed by atoms with van der Waals surface area (Å²) in [6.07, 6.45) is 8.37. The maximum Gasteiger partial charge on any atom is 0.107 e. The average Bonchev–Trinajstić information content (AvgIpc) is 2.35. The van der Waals surface area contributed by atoms with E-state index in [-0.39, 0.29) is 12.0 Å². The Morgan fingerprint density at radius 1 is 1.00 bits per heavy atom. The van der Waals surface area contributed by atoms with Crippen molar-refractivity contribution < 1.29 is 0 Å². The van der Waals surface area contributed by atoms with Crippen molar-refractivity contribution in [2.75, 3.05) is 5.32 Å². The Labute approximate surface area is 89.5 Å². The van der Waals surface area contributed by atoms with E-state index in [9.17, 15) is 0 Å². The van der Waals surface area contributed by atoms with Gasteiger partial charge in [-0.3, -0.25) is 0 Å². The second-order valence-electron chi connectivity index (χ2n) is 3.75. The molecule has 0 amide bonds. The van der Waals surface area contributed by atoms with Crippen molar-refractivity contribution >= 4 is 5.69 Å². The van der Waals surface area contributed by atoms with Gasteiger partial charge in [0.15, 0.2) is 0 Å². The van der Waals surface area contributed by atoms with E-state index in [0.29, 0.717) is 0 Å². The lowest BCUT2D eigenvalue weighted by Crippen LogP contribution is -2.13. The van der Waals surface area contributed by atoms with Crippen LogP contribution in [0.3, 0.4) is 0 Å². The molecule has 3 rings (SSSR count). The van der Waals surface area contributed by atoms with Crippen molar-refractivity contribution in [3.63, 3.8) is 0 Å². The van der Waals surface area contributed by atoms with E-state index < -0.39 is 0 Å².